The van der Waals surface area contributed by atoms with Gasteiger partial charge in [-0.2, -0.15) is 0 Å². The van der Waals surface area contributed by atoms with Gasteiger partial charge in [-0.3, -0.25) is 28.8 Å². The van der Waals surface area contributed by atoms with Crippen LogP contribution in [0.5, 0.6) is 0 Å². The molecule has 19 heteroatoms. The minimum atomic E-state index is -1.63. The van der Waals surface area contributed by atoms with E-state index >= 15 is 0 Å². The molecule has 4 atom stereocenters. The maximum atomic E-state index is 12.3. The van der Waals surface area contributed by atoms with Crippen LogP contribution in [0.3, 0.4) is 0 Å². The lowest BCUT2D eigenvalue weighted by atomic mass is 10.1. The summed E-state index contributed by atoms with van der Waals surface area (Å²) in [4.78, 5) is 117. The van der Waals surface area contributed by atoms with Crippen LogP contribution in [0.15, 0.2) is 12.2 Å². The van der Waals surface area contributed by atoms with Gasteiger partial charge in [-0.25, -0.2) is 19.2 Å². The molecule has 0 aromatic carbocycles. The molecule has 256 valence electrons. The van der Waals surface area contributed by atoms with Gasteiger partial charge in [-0.15, -0.1) is 0 Å². The Morgan fingerprint density at radius 3 is 1.04 bits per heavy atom. The Labute approximate surface area is 262 Å². The molecule has 0 aliphatic heterocycles. The second kappa shape index (κ2) is 20.6. The molecule has 0 saturated carbocycles. The van der Waals surface area contributed by atoms with E-state index in [9.17, 15) is 63.3 Å². The number of hydrogen-bond donors (Lipinski definition) is 9. The van der Waals surface area contributed by atoms with Gasteiger partial charge in [0.15, 0.2) is 5.78 Å². The Hall–Kier alpha value is -5.36. The largest absolute Gasteiger partial charge is 0.480 e. The minimum absolute atomic E-state index is 0.214. The van der Waals surface area contributed by atoms with Crippen molar-refractivity contribution in [3.8, 4) is 0 Å². The van der Waals surface area contributed by atoms with Crippen molar-refractivity contribution in [3.05, 3.63) is 12.2 Å². The van der Waals surface area contributed by atoms with E-state index in [0.717, 1.165) is 6.92 Å². The SMILES string of the molecule is C=C(C)C(=O)CNC(=O)CC[C@H](NC(=O)CC[C@H](NC(=O)CC[C@H](NC(=O)CC[C@H](NC(C)=O)C(=O)O)C(=O)O)C(=O)O)C(=O)O. The Balaban J connectivity index is 4.90. The first-order chi connectivity index (χ1) is 21.3. The van der Waals surface area contributed by atoms with Crippen molar-refractivity contribution in [1.29, 1.82) is 0 Å². The van der Waals surface area contributed by atoms with Crippen molar-refractivity contribution >= 4 is 59.2 Å². The van der Waals surface area contributed by atoms with Crippen LogP contribution < -0.4 is 26.6 Å². The summed E-state index contributed by atoms with van der Waals surface area (Å²) in [6.45, 7) is 5.62. The minimum Gasteiger partial charge on any atom is -0.480 e. The summed E-state index contributed by atoms with van der Waals surface area (Å²) in [5, 5.41) is 48.0. The number of amides is 5. The lowest BCUT2D eigenvalue weighted by Gasteiger charge is -2.18. The van der Waals surface area contributed by atoms with Crippen LogP contribution in [0, 0.1) is 0 Å². The first-order valence-electron chi connectivity index (χ1n) is 13.9. The Morgan fingerprint density at radius 1 is 0.500 bits per heavy atom. The number of ketones is 1. The van der Waals surface area contributed by atoms with Crippen LogP contribution in [0.1, 0.15) is 65.2 Å². The quantitative estimate of drug-likeness (QED) is 0.0521. The van der Waals surface area contributed by atoms with Gasteiger partial charge in [-0.05, 0) is 38.2 Å². The fourth-order valence-corrected chi connectivity index (χ4v) is 3.59. The number of carboxylic acids is 4. The molecule has 0 unspecified atom stereocenters. The molecule has 5 amide bonds. The van der Waals surface area contributed by atoms with Gasteiger partial charge in [0.25, 0.3) is 0 Å². The van der Waals surface area contributed by atoms with Gasteiger partial charge in [0, 0.05) is 32.6 Å². The molecule has 9 N–H and O–H groups in total. The highest BCUT2D eigenvalue weighted by atomic mass is 16.4. The number of rotatable bonds is 23. The molecule has 0 aromatic heterocycles. The van der Waals surface area contributed by atoms with Crippen molar-refractivity contribution in [2.75, 3.05) is 6.54 Å². The number of carbonyl (C=O) groups is 10. The first-order valence-corrected chi connectivity index (χ1v) is 13.9. The average Bonchev–Trinajstić information content (AvgIpc) is 2.95. The van der Waals surface area contributed by atoms with E-state index in [0.29, 0.717) is 0 Å². The molecular weight excluding hydrogens is 618 g/mol. The van der Waals surface area contributed by atoms with Gasteiger partial charge < -0.3 is 47.0 Å². The fraction of sp³-hybridized carbons (Fsp3) is 0.556. The number of Topliss-reactive ketones (excluding diaryl/α,β-unsaturated/α-hetero) is 1. The monoisotopic (exact) mass is 657 g/mol. The Morgan fingerprint density at radius 2 is 0.783 bits per heavy atom. The number of carbonyl (C=O) groups excluding carboxylic acids is 6. The van der Waals surface area contributed by atoms with Crippen molar-refractivity contribution in [1.82, 2.24) is 26.6 Å². The van der Waals surface area contributed by atoms with Gasteiger partial charge in [-0.1, -0.05) is 6.58 Å². The van der Waals surface area contributed by atoms with Gasteiger partial charge in [0.05, 0.1) is 6.54 Å². The van der Waals surface area contributed by atoms with Gasteiger partial charge >= 0.3 is 23.9 Å². The zero-order valence-corrected chi connectivity index (χ0v) is 25.3. The van der Waals surface area contributed by atoms with Crippen molar-refractivity contribution in [2.24, 2.45) is 0 Å². The number of hydrogen-bond acceptors (Lipinski definition) is 10. The van der Waals surface area contributed by atoms with Gasteiger partial charge in [0.1, 0.15) is 24.2 Å². The lowest BCUT2D eigenvalue weighted by molar-refractivity contribution is -0.144. The van der Waals surface area contributed by atoms with E-state index in [-0.39, 0.29) is 31.4 Å². The van der Waals surface area contributed by atoms with Crippen LogP contribution in [-0.4, -0.2) is 110 Å². The lowest BCUT2D eigenvalue weighted by Crippen LogP contribution is -2.45. The molecule has 0 aliphatic rings. The summed E-state index contributed by atoms with van der Waals surface area (Å²) in [6.07, 6.45) is -3.60. The van der Waals surface area contributed by atoms with Crippen LogP contribution in [0.2, 0.25) is 0 Å². The van der Waals surface area contributed by atoms with Crippen LogP contribution in [0.25, 0.3) is 0 Å². The third kappa shape index (κ3) is 17.7. The zero-order valence-electron chi connectivity index (χ0n) is 25.3. The van der Waals surface area contributed by atoms with E-state index < -0.39 is 115 Å². The average molecular weight is 658 g/mol. The third-order valence-electron chi connectivity index (χ3n) is 6.14. The molecule has 0 bridgehead atoms. The second-order valence-corrected chi connectivity index (χ2v) is 10.1. The molecule has 0 heterocycles. The van der Waals surface area contributed by atoms with E-state index in [2.05, 4.69) is 33.2 Å². The summed E-state index contributed by atoms with van der Waals surface area (Å²) in [5.74, 6) is -10.4. The van der Waals surface area contributed by atoms with E-state index in [1.807, 2.05) is 0 Å². The molecule has 0 radical (unpaired) electrons. The normalized spacial score (nSPS) is 13.0. The highest BCUT2D eigenvalue weighted by Crippen LogP contribution is 2.06. The molecule has 0 aromatic rings. The van der Waals surface area contributed by atoms with Crippen LogP contribution in [-0.2, 0) is 47.9 Å². The third-order valence-corrected chi connectivity index (χ3v) is 6.14. The molecule has 46 heavy (non-hydrogen) atoms. The molecule has 0 fully saturated rings. The van der Waals surface area contributed by atoms with Crippen LogP contribution >= 0.6 is 0 Å². The highest BCUT2D eigenvalue weighted by molar-refractivity contribution is 5.97. The number of aliphatic carboxylic acids is 4. The van der Waals surface area contributed by atoms with Crippen molar-refractivity contribution < 1.29 is 68.4 Å². The fourth-order valence-electron chi connectivity index (χ4n) is 3.59. The molecule has 19 nitrogen and oxygen atoms in total. The molecule has 0 saturated heterocycles. The van der Waals surface area contributed by atoms with Crippen molar-refractivity contribution in [3.63, 3.8) is 0 Å². The molecule has 0 spiro atoms. The number of carboxylic acid groups (broad SMARTS) is 4. The zero-order chi connectivity index (χ0) is 35.6. The van der Waals surface area contributed by atoms with E-state index in [1.54, 1.807) is 0 Å². The molecular formula is C27H39N5O14. The summed E-state index contributed by atoms with van der Waals surface area (Å²) in [7, 11) is 0. The smallest absolute Gasteiger partial charge is 0.326 e. The van der Waals surface area contributed by atoms with Gasteiger partial charge in [0.2, 0.25) is 29.5 Å². The van der Waals surface area contributed by atoms with Crippen LogP contribution in [0.4, 0.5) is 0 Å². The summed E-state index contributed by atoms with van der Waals surface area (Å²) >= 11 is 0. The van der Waals surface area contributed by atoms with Crippen molar-refractivity contribution in [2.45, 2.75) is 89.4 Å². The summed E-state index contributed by atoms with van der Waals surface area (Å²) < 4.78 is 0. The highest BCUT2D eigenvalue weighted by Gasteiger charge is 2.27. The number of nitrogens with one attached hydrogen (secondary N) is 5. The maximum Gasteiger partial charge on any atom is 0.326 e. The predicted octanol–water partition coefficient (Wildman–Crippen LogP) is -2.33. The predicted molar refractivity (Wildman–Crippen MR) is 154 cm³/mol. The van der Waals surface area contributed by atoms with E-state index in [4.69, 9.17) is 5.11 Å². The summed E-state index contributed by atoms with van der Waals surface area (Å²) in [5.41, 5.74) is 0.214. The standard InChI is InChI=1S/C27H39N5O14/c1-13(2)19(34)12-28-20(35)8-4-16(25(41)42)30-22(37)10-6-18(27(45)46)32-23(38)11-7-17(26(43)44)31-21(36)9-5-15(24(39)40)29-14(3)33/h15-18H,1,4-12H2,2-3H3,(H,28,35)(H,29,33)(H,30,37)(H,31,36)(H,32,38)(H,39,40)(H,41,42)(H,43,44)(H,45,46)/t15-,16-,17-,18-/m0/s1. The Bertz CT molecular complexity index is 1220. The van der Waals surface area contributed by atoms with E-state index in [1.165, 1.54) is 6.92 Å². The molecule has 0 rings (SSSR count). The molecule has 0 aliphatic carbocycles. The maximum absolute atomic E-state index is 12.3. The Kier molecular flexibility index (Phi) is 18.2. The first kappa shape index (κ1) is 40.6. The topological polar surface area (TPSA) is 312 Å². The second-order valence-electron chi connectivity index (χ2n) is 10.1. The summed E-state index contributed by atoms with van der Waals surface area (Å²) in [6, 6.07) is -6.13.